The average molecular weight is 194 g/mol. The highest BCUT2D eigenvalue weighted by Crippen LogP contribution is 2.26. The van der Waals surface area contributed by atoms with Crippen molar-refractivity contribution in [3.8, 4) is 0 Å². The lowest BCUT2D eigenvalue weighted by Gasteiger charge is -2.18. The molecule has 1 fully saturated rings. The molecule has 0 aromatic carbocycles. The maximum atomic E-state index is 5.88. The summed E-state index contributed by atoms with van der Waals surface area (Å²) in [6.45, 7) is 4.98. The zero-order valence-corrected chi connectivity index (χ0v) is 9.41. The van der Waals surface area contributed by atoms with Crippen LogP contribution < -0.4 is 5.73 Å². The van der Waals surface area contributed by atoms with E-state index in [2.05, 4.69) is 13.1 Å². The van der Waals surface area contributed by atoms with Crippen LogP contribution in [0.2, 0.25) is 25.2 Å². The highest BCUT2D eigenvalue weighted by molar-refractivity contribution is 6.77. The third kappa shape index (κ3) is 4.14. The molecule has 68 valence electrons. The second kappa shape index (κ2) is 4.48. The Kier molecular flexibility index (Phi) is 4.67. The minimum atomic E-state index is -0.763. The first kappa shape index (κ1) is 11.5. The largest absolute Gasteiger partial charge is 0.328 e. The van der Waals surface area contributed by atoms with Gasteiger partial charge < -0.3 is 5.73 Å². The molecule has 1 aliphatic heterocycles. The van der Waals surface area contributed by atoms with E-state index >= 15 is 0 Å². The van der Waals surface area contributed by atoms with Crippen LogP contribution in [0.15, 0.2) is 0 Å². The van der Waals surface area contributed by atoms with E-state index in [1.807, 2.05) is 0 Å². The molecule has 1 saturated heterocycles. The molecule has 1 rings (SSSR count). The summed E-state index contributed by atoms with van der Waals surface area (Å²) >= 11 is 0. The van der Waals surface area contributed by atoms with Crippen molar-refractivity contribution in [2.45, 2.75) is 50.5 Å². The molecule has 1 unspecified atom stereocenters. The lowest BCUT2D eigenvalue weighted by Crippen LogP contribution is -2.24. The summed E-state index contributed by atoms with van der Waals surface area (Å²) < 4.78 is 0. The van der Waals surface area contributed by atoms with Crippen molar-refractivity contribution in [1.82, 2.24) is 0 Å². The van der Waals surface area contributed by atoms with Crippen molar-refractivity contribution in [2.24, 2.45) is 5.73 Å². The predicted molar refractivity (Wildman–Crippen MR) is 56.2 cm³/mol. The fourth-order valence-corrected chi connectivity index (χ4v) is 4.25. The van der Waals surface area contributed by atoms with Gasteiger partial charge in [0.2, 0.25) is 0 Å². The first-order chi connectivity index (χ1) is 4.60. The van der Waals surface area contributed by atoms with E-state index in [-0.39, 0.29) is 12.4 Å². The molecule has 0 radical (unpaired) electrons. The summed E-state index contributed by atoms with van der Waals surface area (Å²) in [4.78, 5) is 0. The molecule has 0 bridgehead atoms. The van der Waals surface area contributed by atoms with E-state index in [1.54, 1.807) is 0 Å². The van der Waals surface area contributed by atoms with Crippen molar-refractivity contribution in [3.05, 3.63) is 0 Å². The molecule has 3 heteroatoms. The van der Waals surface area contributed by atoms with Gasteiger partial charge in [0.15, 0.2) is 0 Å². The molecule has 2 N–H and O–H groups in total. The van der Waals surface area contributed by atoms with Crippen molar-refractivity contribution in [2.75, 3.05) is 0 Å². The minimum Gasteiger partial charge on any atom is -0.328 e. The van der Waals surface area contributed by atoms with Gasteiger partial charge in [0.1, 0.15) is 0 Å². The van der Waals surface area contributed by atoms with Gasteiger partial charge in [0, 0.05) is 14.1 Å². The van der Waals surface area contributed by atoms with Crippen LogP contribution in [-0.2, 0) is 0 Å². The molecule has 0 saturated carbocycles. The van der Waals surface area contributed by atoms with Crippen LogP contribution in [0.3, 0.4) is 0 Å². The monoisotopic (exact) mass is 193 g/mol. The van der Waals surface area contributed by atoms with Crippen molar-refractivity contribution in [1.29, 1.82) is 0 Å². The first-order valence-corrected chi connectivity index (χ1v) is 7.77. The lowest BCUT2D eigenvalue weighted by molar-refractivity contribution is 0.599. The Bertz CT molecular complexity index is 117. The molecule has 11 heavy (non-hydrogen) atoms. The molecule has 0 spiro atoms. The van der Waals surface area contributed by atoms with E-state index in [1.165, 1.54) is 31.4 Å². The van der Waals surface area contributed by atoms with Gasteiger partial charge in [-0.05, 0) is 12.8 Å². The van der Waals surface area contributed by atoms with Crippen LogP contribution in [0.5, 0.6) is 0 Å². The lowest BCUT2D eigenvalue weighted by atomic mass is 10.1. The zero-order valence-electron chi connectivity index (χ0n) is 7.60. The predicted octanol–water partition coefficient (Wildman–Crippen LogP) is 2.63. The summed E-state index contributed by atoms with van der Waals surface area (Å²) in [7, 11) is -0.763. The molecule has 1 heterocycles. The van der Waals surface area contributed by atoms with Crippen molar-refractivity contribution < 1.29 is 0 Å². The molecule has 0 aliphatic carbocycles. The number of nitrogens with two attached hydrogens (primary N) is 1. The second-order valence-electron chi connectivity index (χ2n) is 4.36. The molecule has 1 nitrogen and oxygen atoms in total. The maximum Gasteiger partial charge on any atom is 0.0474 e. The van der Waals surface area contributed by atoms with E-state index in [9.17, 15) is 0 Å². The van der Waals surface area contributed by atoms with Gasteiger partial charge >= 0.3 is 0 Å². The molecule has 0 aromatic heterocycles. The Hall–Kier alpha value is 0.467. The third-order valence-corrected chi connectivity index (χ3v) is 5.97. The van der Waals surface area contributed by atoms with E-state index in [4.69, 9.17) is 5.73 Å². The van der Waals surface area contributed by atoms with Gasteiger partial charge in [-0.2, -0.15) is 0 Å². The van der Waals surface area contributed by atoms with Gasteiger partial charge in [0.05, 0.1) is 0 Å². The summed E-state index contributed by atoms with van der Waals surface area (Å²) in [5.41, 5.74) is 5.88. The van der Waals surface area contributed by atoms with Gasteiger partial charge in [-0.1, -0.05) is 31.6 Å². The Morgan fingerprint density at radius 2 is 1.82 bits per heavy atom. The fourth-order valence-electron chi connectivity index (χ4n) is 1.69. The van der Waals surface area contributed by atoms with Crippen molar-refractivity contribution >= 4 is 20.5 Å². The molecule has 0 amide bonds. The second-order valence-corrected chi connectivity index (χ2v) is 9.68. The van der Waals surface area contributed by atoms with E-state index < -0.39 is 8.07 Å². The third-order valence-electron chi connectivity index (χ3n) is 2.62. The normalized spacial score (nSPS) is 30.3. The average Bonchev–Trinajstić information content (AvgIpc) is 1.94. The molecule has 0 aromatic rings. The smallest absolute Gasteiger partial charge is 0.0474 e. The molecular formula is C8H20ClNSi. The van der Waals surface area contributed by atoms with Gasteiger partial charge in [-0.15, -0.1) is 12.4 Å². The number of halogens is 1. The standard InChI is InChI=1S/C8H19NSi.ClH/c1-10(2)6-3-4-8(9)5-7-10;/h8H,3-7,9H2,1-2H3;1H. The summed E-state index contributed by atoms with van der Waals surface area (Å²) in [6, 6.07) is 3.48. The Labute approximate surface area is 77.2 Å². The maximum absolute atomic E-state index is 5.88. The SMILES string of the molecule is C[Si]1(C)CCCC(N)CC1.Cl. The summed E-state index contributed by atoms with van der Waals surface area (Å²) in [5, 5.41) is 0. The van der Waals surface area contributed by atoms with Gasteiger partial charge in [0.25, 0.3) is 0 Å². The van der Waals surface area contributed by atoms with Gasteiger partial charge in [-0.25, -0.2) is 0 Å². The van der Waals surface area contributed by atoms with Crippen LogP contribution in [0.25, 0.3) is 0 Å². The Balaban J connectivity index is 0.000001000. The van der Waals surface area contributed by atoms with Crippen LogP contribution in [0, 0.1) is 0 Å². The molecule has 1 atom stereocenters. The van der Waals surface area contributed by atoms with Crippen molar-refractivity contribution in [3.63, 3.8) is 0 Å². The van der Waals surface area contributed by atoms with Crippen LogP contribution in [-0.4, -0.2) is 14.1 Å². The molecule has 1 aliphatic rings. The first-order valence-electron chi connectivity index (χ1n) is 4.36. The van der Waals surface area contributed by atoms with E-state index in [0.717, 1.165) is 0 Å². The summed E-state index contributed by atoms with van der Waals surface area (Å²) in [6.07, 6.45) is 3.95. The van der Waals surface area contributed by atoms with E-state index in [0.29, 0.717) is 6.04 Å². The Morgan fingerprint density at radius 1 is 1.18 bits per heavy atom. The van der Waals surface area contributed by atoms with Crippen LogP contribution in [0.4, 0.5) is 0 Å². The van der Waals surface area contributed by atoms with Crippen LogP contribution >= 0.6 is 12.4 Å². The molecular weight excluding hydrogens is 174 g/mol. The number of hydrogen-bond acceptors (Lipinski definition) is 1. The number of hydrogen-bond donors (Lipinski definition) is 1. The Morgan fingerprint density at radius 3 is 2.45 bits per heavy atom. The zero-order chi connectivity index (χ0) is 7.61. The summed E-state index contributed by atoms with van der Waals surface area (Å²) in [5.74, 6) is 0. The quantitative estimate of drug-likeness (QED) is 0.589. The fraction of sp³-hybridized carbons (Fsp3) is 1.00. The highest BCUT2D eigenvalue weighted by Gasteiger charge is 2.24. The van der Waals surface area contributed by atoms with Gasteiger partial charge in [-0.3, -0.25) is 0 Å². The minimum absolute atomic E-state index is 0. The number of rotatable bonds is 0. The van der Waals surface area contributed by atoms with Crippen LogP contribution in [0.1, 0.15) is 19.3 Å². The topological polar surface area (TPSA) is 26.0 Å². The highest BCUT2D eigenvalue weighted by atomic mass is 35.5.